The summed E-state index contributed by atoms with van der Waals surface area (Å²) in [4.78, 5) is 24.6. The number of aromatic nitrogens is 3. The summed E-state index contributed by atoms with van der Waals surface area (Å²) in [6.07, 6.45) is 1.83. The Balaban J connectivity index is 2.57. The standard InChI is InChI=1S/C16H17N3O2/c1-10-7-5-6-8-11(10)14-13-12(9-17(14)2)18(3)16(21)19(4)15(13)20/h5-9H,1-4H3. The minimum Gasteiger partial charge on any atom is -0.348 e. The van der Waals surface area contributed by atoms with Gasteiger partial charge in [-0.1, -0.05) is 24.3 Å². The highest BCUT2D eigenvalue weighted by Gasteiger charge is 2.18. The largest absolute Gasteiger partial charge is 0.348 e. The lowest BCUT2D eigenvalue weighted by molar-refractivity contribution is 0.714. The third-order valence-corrected chi connectivity index (χ3v) is 4.02. The zero-order valence-electron chi connectivity index (χ0n) is 12.5. The third-order valence-electron chi connectivity index (χ3n) is 4.02. The van der Waals surface area contributed by atoms with Crippen LogP contribution in [0.1, 0.15) is 5.56 Å². The summed E-state index contributed by atoms with van der Waals surface area (Å²) < 4.78 is 4.58. The molecule has 0 aliphatic heterocycles. The number of aryl methyl sites for hydroxylation is 3. The zero-order valence-corrected chi connectivity index (χ0v) is 12.5. The van der Waals surface area contributed by atoms with Crippen molar-refractivity contribution in [2.24, 2.45) is 21.1 Å². The Bertz CT molecular complexity index is 974. The molecule has 21 heavy (non-hydrogen) atoms. The second-order valence-corrected chi connectivity index (χ2v) is 5.37. The molecule has 5 heteroatoms. The van der Waals surface area contributed by atoms with Crippen molar-refractivity contribution in [3.05, 3.63) is 56.9 Å². The highest BCUT2D eigenvalue weighted by Crippen LogP contribution is 2.29. The molecule has 0 N–H and O–H groups in total. The first kappa shape index (κ1) is 13.4. The Hall–Kier alpha value is -2.56. The van der Waals surface area contributed by atoms with Crippen LogP contribution in [0.2, 0.25) is 0 Å². The van der Waals surface area contributed by atoms with E-state index in [2.05, 4.69) is 0 Å². The van der Waals surface area contributed by atoms with E-state index in [1.54, 1.807) is 7.05 Å². The molecule has 0 bridgehead atoms. The molecule has 0 saturated heterocycles. The predicted molar refractivity (Wildman–Crippen MR) is 83.6 cm³/mol. The molecule has 3 aromatic rings. The molecule has 0 saturated carbocycles. The number of nitrogens with zero attached hydrogens (tertiary/aromatic N) is 3. The van der Waals surface area contributed by atoms with Gasteiger partial charge in [0, 0.05) is 32.9 Å². The Kier molecular flexibility index (Phi) is 2.86. The molecule has 3 rings (SSSR count). The van der Waals surface area contributed by atoms with Crippen LogP contribution in [0.15, 0.2) is 40.1 Å². The number of hydrogen-bond donors (Lipinski definition) is 0. The maximum atomic E-state index is 12.6. The Labute approximate surface area is 121 Å². The van der Waals surface area contributed by atoms with Gasteiger partial charge in [0.1, 0.15) is 0 Å². The molecule has 0 fully saturated rings. The van der Waals surface area contributed by atoms with Crippen molar-refractivity contribution < 1.29 is 0 Å². The van der Waals surface area contributed by atoms with Crippen molar-refractivity contribution in [3.8, 4) is 11.3 Å². The molecule has 0 aliphatic carbocycles. The quantitative estimate of drug-likeness (QED) is 0.680. The van der Waals surface area contributed by atoms with Gasteiger partial charge in [-0.3, -0.25) is 13.9 Å². The fourth-order valence-electron chi connectivity index (χ4n) is 2.82. The summed E-state index contributed by atoms with van der Waals surface area (Å²) >= 11 is 0. The van der Waals surface area contributed by atoms with Gasteiger partial charge in [0.05, 0.1) is 16.6 Å². The average Bonchev–Trinajstić information content (AvgIpc) is 2.81. The predicted octanol–water partition coefficient (Wildman–Crippen LogP) is 1.55. The number of benzene rings is 1. The summed E-state index contributed by atoms with van der Waals surface area (Å²) in [6.45, 7) is 2.01. The van der Waals surface area contributed by atoms with Crippen molar-refractivity contribution in [3.63, 3.8) is 0 Å². The first-order valence-corrected chi connectivity index (χ1v) is 6.74. The van der Waals surface area contributed by atoms with E-state index in [0.29, 0.717) is 10.9 Å². The van der Waals surface area contributed by atoms with E-state index in [0.717, 1.165) is 21.4 Å². The van der Waals surface area contributed by atoms with E-state index in [1.807, 2.05) is 49.0 Å². The molecular formula is C16H17N3O2. The van der Waals surface area contributed by atoms with Gasteiger partial charge in [0.15, 0.2) is 0 Å². The Morgan fingerprint density at radius 2 is 1.62 bits per heavy atom. The van der Waals surface area contributed by atoms with Crippen LogP contribution in [0.5, 0.6) is 0 Å². The summed E-state index contributed by atoms with van der Waals surface area (Å²) in [7, 11) is 5.09. The number of rotatable bonds is 1. The minimum absolute atomic E-state index is 0.257. The van der Waals surface area contributed by atoms with Gasteiger partial charge >= 0.3 is 5.69 Å². The van der Waals surface area contributed by atoms with E-state index in [-0.39, 0.29) is 11.2 Å². The lowest BCUT2D eigenvalue weighted by atomic mass is 10.0. The molecule has 0 unspecified atom stereocenters. The van der Waals surface area contributed by atoms with Crippen LogP contribution in [0.3, 0.4) is 0 Å². The van der Waals surface area contributed by atoms with Crippen LogP contribution in [-0.4, -0.2) is 13.7 Å². The summed E-state index contributed by atoms with van der Waals surface area (Å²) in [5.41, 5.74) is 3.03. The molecule has 2 aromatic heterocycles. The maximum absolute atomic E-state index is 12.6. The van der Waals surface area contributed by atoms with Gasteiger partial charge in [-0.05, 0) is 12.5 Å². The summed E-state index contributed by atoms with van der Waals surface area (Å²) in [5.74, 6) is 0. The van der Waals surface area contributed by atoms with E-state index >= 15 is 0 Å². The van der Waals surface area contributed by atoms with Crippen LogP contribution in [0, 0.1) is 6.92 Å². The molecule has 0 spiro atoms. The number of fused-ring (bicyclic) bond motifs is 1. The van der Waals surface area contributed by atoms with Gasteiger partial charge in [-0.2, -0.15) is 0 Å². The van der Waals surface area contributed by atoms with Gasteiger partial charge < -0.3 is 4.57 Å². The Morgan fingerprint density at radius 1 is 0.952 bits per heavy atom. The highest BCUT2D eigenvalue weighted by atomic mass is 16.2. The first-order valence-electron chi connectivity index (χ1n) is 6.74. The SMILES string of the molecule is Cc1ccccc1-c1c2c(=O)n(C)c(=O)n(C)c2cn1C. The monoisotopic (exact) mass is 283 g/mol. The van der Waals surface area contributed by atoms with Crippen LogP contribution in [0.4, 0.5) is 0 Å². The fraction of sp³-hybridized carbons (Fsp3) is 0.250. The molecule has 0 atom stereocenters. The van der Waals surface area contributed by atoms with Crippen LogP contribution in [0.25, 0.3) is 22.2 Å². The second kappa shape index (κ2) is 4.48. The first-order chi connectivity index (χ1) is 9.93. The second-order valence-electron chi connectivity index (χ2n) is 5.37. The minimum atomic E-state index is -0.311. The van der Waals surface area contributed by atoms with Crippen molar-refractivity contribution in [2.75, 3.05) is 0 Å². The van der Waals surface area contributed by atoms with Gasteiger partial charge in [-0.15, -0.1) is 0 Å². The molecule has 0 amide bonds. The van der Waals surface area contributed by atoms with Gasteiger partial charge in [0.25, 0.3) is 5.56 Å². The smallest absolute Gasteiger partial charge is 0.330 e. The molecule has 0 aliphatic rings. The van der Waals surface area contributed by atoms with Gasteiger partial charge in [-0.25, -0.2) is 4.79 Å². The number of hydrogen-bond acceptors (Lipinski definition) is 2. The van der Waals surface area contributed by atoms with Crippen LogP contribution in [-0.2, 0) is 21.1 Å². The maximum Gasteiger partial charge on any atom is 0.330 e. The molecule has 5 nitrogen and oxygen atoms in total. The normalized spacial score (nSPS) is 11.2. The molecule has 0 radical (unpaired) electrons. The lowest BCUT2D eigenvalue weighted by Crippen LogP contribution is -2.36. The topological polar surface area (TPSA) is 48.9 Å². The van der Waals surface area contributed by atoms with E-state index in [1.165, 1.54) is 11.6 Å². The summed E-state index contributed by atoms with van der Waals surface area (Å²) in [6, 6.07) is 7.93. The molecule has 2 heterocycles. The van der Waals surface area contributed by atoms with Crippen LogP contribution < -0.4 is 11.2 Å². The molecule has 108 valence electrons. The van der Waals surface area contributed by atoms with Crippen molar-refractivity contribution >= 4 is 10.9 Å². The van der Waals surface area contributed by atoms with Crippen LogP contribution >= 0.6 is 0 Å². The fourth-order valence-corrected chi connectivity index (χ4v) is 2.82. The van der Waals surface area contributed by atoms with Crippen molar-refractivity contribution in [2.45, 2.75) is 6.92 Å². The molecule has 1 aromatic carbocycles. The third kappa shape index (κ3) is 1.77. The van der Waals surface area contributed by atoms with E-state index < -0.39 is 0 Å². The van der Waals surface area contributed by atoms with Crippen molar-refractivity contribution in [1.82, 2.24) is 13.7 Å². The zero-order chi connectivity index (χ0) is 15.3. The van der Waals surface area contributed by atoms with E-state index in [9.17, 15) is 9.59 Å². The highest BCUT2D eigenvalue weighted by molar-refractivity contribution is 5.94. The average molecular weight is 283 g/mol. The van der Waals surface area contributed by atoms with E-state index in [4.69, 9.17) is 0 Å². The lowest BCUT2D eigenvalue weighted by Gasteiger charge is -2.08. The molecular weight excluding hydrogens is 266 g/mol. The van der Waals surface area contributed by atoms with Gasteiger partial charge in [0.2, 0.25) is 0 Å². The Morgan fingerprint density at radius 3 is 2.29 bits per heavy atom. The summed E-state index contributed by atoms with van der Waals surface area (Å²) in [5, 5.41) is 0.580. The van der Waals surface area contributed by atoms with Crippen molar-refractivity contribution in [1.29, 1.82) is 0 Å².